The number of hydrogen-bond donors (Lipinski definition) is 1. The third kappa shape index (κ3) is 2.71. The molecule has 3 nitrogen and oxygen atoms in total. The van der Waals surface area contributed by atoms with Gasteiger partial charge in [-0.3, -0.25) is 0 Å². The fraction of sp³-hybridized carbons (Fsp3) is 0.0833. The normalized spacial score (nSPS) is 10.9. The number of allylic oxidation sites excluding steroid dienone is 2. The average molecular weight is 204 g/mol. The first kappa shape index (κ1) is 11.0. The first-order valence-corrected chi connectivity index (χ1v) is 4.39. The van der Waals surface area contributed by atoms with Crippen LogP contribution in [0.4, 0.5) is 0 Å². The molecule has 0 aliphatic carbocycles. The third-order valence-corrected chi connectivity index (χ3v) is 1.90. The number of ether oxygens (including phenoxy) is 1. The summed E-state index contributed by atoms with van der Waals surface area (Å²) in [7, 11) is 1.54. The molecule has 0 unspecified atom stereocenters. The largest absolute Gasteiger partial charge is 0.497 e. The van der Waals surface area contributed by atoms with E-state index in [4.69, 9.17) is 9.84 Å². The maximum Gasteiger partial charge on any atom is 0.336 e. The van der Waals surface area contributed by atoms with Gasteiger partial charge in [-0.2, -0.15) is 0 Å². The van der Waals surface area contributed by atoms with Crippen molar-refractivity contribution in [2.24, 2.45) is 0 Å². The van der Waals surface area contributed by atoms with Crippen molar-refractivity contribution in [2.45, 2.75) is 0 Å². The van der Waals surface area contributed by atoms with Crippen LogP contribution in [0, 0.1) is 0 Å². The van der Waals surface area contributed by atoms with Crippen LogP contribution in [0.5, 0.6) is 5.75 Å². The number of carbonyl (C=O) groups is 1. The van der Waals surface area contributed by atoms with E-state index in [1.54, 1.807) is 24.3 Å². The number of benzene rings is 1. The van der Waals surface area contributed by atoms with Gasteiger partial charge in [0.25, 0.3) is 0 Å². The van der Waals surface area contributed by atoms with Gasteiger partial charge in [-0.05, 0) is 23.8 Å². The first-order chi connectivity index (χ1) is 7.19. The molecule has 0 aliphatic rings. The summed E-state index contributed by atoms with van der Waals surface area (Å²) in [6.07, 6.45) is 2.90. The summed E-state index contributed by atoms with van der Waals surface area (Å²) in [6.45, 7) is 3.48. The van der Waals surface area contributed by atoms with E-state index in [9.17, 15) is 4.79 Å². The zero-order chi connectivity index (χ0) is 11.3. The van der Waals surface area contributed by atoms with Gasteiger partial charge in [-0.15, -0.1) is 0 Å². The van der Waals surface area contributed by atoms with Crippen LogP contribution in [0.2, 0.25) is 0 Å². The molecule has 1 rings (SSSR count). The Hall–Kier alpha value is -2.03. The molecular formula is C12H12O3. The van der Waals surface area contributed by atoms with Crippen LogP contribution in [0.15, 0.2) is 43.0 Å². The van der Waals surface area contributed by atoms with E-state index in [2.05, 4.69) is 6.58 Å². The predicted octanol–water partition coefficient (Wildman–Crippen LogP) is 2.35. The van der Waals surface area contributed by atoms with Crippen molar-refractivity contribution < 1.29 is 14.6 Å². The van der Waals surface area contributed by atoms with Gasteiger partial charge in [0, 0.05) is 0 Å². The molecule has 15 heavy (non-hydrogen) atoms. The highest BCUT2D eigenvalue weighted by Gasteiger charge is 2.09. The molecule has 0 heterocycles. The molecule has 0 spiro atoms. The van der Waals surface area contributed by atoms with Crippen LogP contribution in [-0.4, -0.2) is 18.2 Å². The summed E-state index contributed by atoms with van der Waals surface area (Å²) >= 11 is 0. The van der Waals surface area contributed by atoms with E-state index in [0.29, 0.717) is 11.3 Å². The van der Waals surface area contributed by atoms with Crippen molar-refractivity contribution in [2.75, 3.05) is 7.11 Å². The van der Waals surface area contributed by atoms with Crippen molar-refractivity contribution in [3.8, 4) is 5.75 Å². The number of aliphatic carboxylic acids is 1. The van der Waals surface area contributed by atoms with Crippen LogP contribution in [0.25, 0.3) is 5.57 Å². The molecular weight excluding hydrogens is 192 g/mol. The molecule has 1 aromatic carbocycles. The Kier molecular flexibility index (Phi) is 3.68. The Morgan fingerprint density at radius 1 is 1.53 bits per heavy atom. The van der Waals surface area contributed by atoms with E-state index < -0.39 is 5.97 Å². The molecule has 3 heteroatoms. The van der Waals surface area contributed by atoms with Crippen molar-refractivity contribution in [1.82, 2.24) is 0 Å². The Bertz CT molecular complexity index is 405. The highest BCUT2D eigenvalue weighted by Crippen LogP contribution is 2.20. The minimum absolute atomic E-state index is 0.198. The fourth-order valence-electron chi connectivity index (χ4n) is 1.20. The molecule has 0 aromatic heterocycles. The van der Waals surface area contributed by atoms with Crippen LogP contribution in [0.1, 0.15) is 5.56 Å². The summed E-state index contributed by atoms with van der Waals surface area (Å²) in [5.41, 5.74) is 0.797. The second-order valence-electron chi connectivity index (χ2n) is 2.85. The Balaban J connectivity index is 3.17. The minimum Gasteiger partial charge on any atom is -0.497 e. The zero-order valence-corrected chi connectivity index (χ0v) is 8.43. The Morgan fingerprint density at radius 3 is 2.80 bits per heavy atom. The van der Waals surface area contributed by atoms with Crippen LogP contribution in [-0.2, 0) is 4.79 Å². The molecule has 0 fully saturated rings. The molecule has 0 radical (unpaired) electrons. The monoisotopic (exact) mass is 204 g/mol. The Labute approximate surface area is 88.3 Å². The molecule has 0 amide bonds. The smallest absolute Gasteiger partial charge is 0.336 e. The number of hydrogen-bond acceptors (Lipinski definition) is 2. The van der Waals surface area contributed by atoms with Gasteiger partial charge >= 0.3 is 5.97 Å². The van der Waals surface area contributed by atoms with Gasteiger partial charge in [0.2, 0.25) is 0 Å². The second kappa shape index (κ2) is 5.00. The molecule has 0 bridgehead atoms. The molecule has 0 atom stereocenters. The minimum atomic E-state index is -0.983. The van der Waals surface area contributed by atoms with E-state index in [-0.39, 0.29) is 5.57 Å². The zero-order valence-electron chi connectivity index (χ0n) is 8.43. The van der Waals surface area contributed by atoms with E-state index in [1.807, 2.05) is 0 Å². The van der Waals surface area contributed by atoms with E-state index in [0.717, 1.165) is 0 Å². The van der Waals surface area contributed by atoms with Gasteiger partial charge in [-0.25, -0.2) is 4.79 Å². The third-order valence-electron chi connectivity index (χ3n) is 1.90. The molecule has 0 saturated heterocycles. The summed E-state index contributed by atoms with van der Waals surface area (Å²) in [5.74, 6) is -0.355. The van der Waals surface area contributed by atoms with Gasteiger partial charge in [0.1, 0.15) is 5.75 Å². The lowest BCUT2D eigenvalue weighted by molar-refractivity contribution is -0.130. The van der Waals surface area contributed by atoms with E-state index >= 15 is 0 Å². The van der Waals surface area contributed by atoms with Gasteiger partial charge in [0.15, 0.2) is 0 Å². The summed E-state index contributed by atoms with van der Waals surface area (Å²) in [5, 5.41) is 8.96. The maximum absolute atomic E-state index is 10.9. The van der Waals surface area contributed by atoms with Crippen LogP contribution < -0.4 is 4.74 Å². The summed E-state index contributed by atoms with van der Waals surface area (Å²) < 4.78 is 5.02. The summed E-state index contributed by atoms with van der Waals surface area (Å²) in [6, 6.07) is 6.89. The SMILES string of the molecule is C=CC=C(C(=O)O)c1cccc(OC)c1. The number of methoxy groups -OCH3 is 1. The van der Waals surface area contributed by atoms with Gasteiger partial charge in [0.05, 0.1) is 12.7 Å². The molecule has 78 valence electrons. The first-order valence-electron chi connectivity index (χ1n) is 4.39. The highest BCUT2D eigenvalue weighted by molar-refractivity contribution is 6.15. The van der Waals surface area contributed by atoms with Crippen molar-refractivity contribution in [3.05, 3.63) is 48.6 Å². The molecule has 1 aromatic rings. The summed E-state index contributed by atoms with van der Waals surface area (Å²) in [4.78, 5) is 10.9. The highest BCUT2D eigenvalue weighted by atomic mass is 16.5. The predicted molar refractivity (Wildman–Crippen MR) is 58.8 cm³/mol. The lowest BCUT2D eigenvalue weighted by Gasteiger charge is -2.04. The average Bonchev–Trinajstić information content (AvgIpc) is 2.25. The molecule has 0 saturated carbocycles. The number of carboxylic acid groups (broad SMARTS) is 1. The fourth-order valence-corrected chi connectivity index (χ4v) is 1.20. The van der Waals surface area contributed by atoms with Crippen LogP contribution in [0.3, 0.4) is 0 Å². The van der Waals surface area contributed by atoms with Crippen molar-refractivity contribution in [3.63, 3.8) is 0 Å². The molecule has 0 aliphatic heterocycles. The number of carboxylic acids is 1. The maximum atomic E-state index is 10.9. The van der Waals surface area contributed by atoms with Crippen molar-refractivity contribution >= 4 is 11.5 Å². The molecule has 1 N–H and O–H groups in total. The van der Waals surface area contributed by atoms with Crippen LogP contribution >= 0.6 is 0 Å². The lowest BCUT2D eigenvalue weighted by Crippen LogP contribution is -1.99. The topological polar surface area (TPSA) is 46.5 Å². The van der Waals surface area contributed by atoms with E-state index in [1.165, 1.54) is 19.3 Å². The Morgan fingerprint density at radius 2 is 2.27 bits per heavy atom. The lowest BCUT2D eigenvalue weighted by atomic mass is 10.1. The standard InChI is InChI=1S/C12H12O3/c1-3-5-11(12(13)14)9-6-4-7-10(8-9)15-2/h3-8H,1H2,2H3,(H,13,14). The van der Waals surface area contributed by atoms with Gasteiger partial charge in [-0.1, -0.05) is 24.8 Å². The quantitative estimate of drug-likeness (QED) is 0.605. The van der Waals surface area contributed by atoms with Gasteiger partial charge < -0.3 is 9.84 Å². The number of rotatable bonds is 4. The van der Waals surface area contributed by atoms with Crippen molar-refractivity contribution in [1.29, 1.82) is 0 Å². The second-order valence-corrected chi connectivity index (χ2v) is 2.85.